The normalized spacial score (nSPS) is 22.2. The minimum absolute atomic E-state index is 0.200. The van der Waals surface area contributed by atoms with Gasteiger partial charge in [0, 0.05) is 6.54 Å². The van der Waals surface area contributed by atoms with E-state index < -0.39 is 18.3 Å². The molecule has 2 N–H and O–H groups in total. The lowest BCUT2D eigenvalue weighted by molar-refractivity contribution is -0.0835. The lowest BCUT2D eigenvalue weighted by Gasteiger charge is -2.33. The van der Waals surface area contributed by atoms with E-state index >= 15 is 0 Å². The van der Waals surface area contributed by atoms with Gasteiger partial charge in [0.15, 0.2) is 0 Å². The summed E-state index contributed by atoms with van der Waals surface area (Å²) in [7, 11) is 0. The zero-order valence-electron chi connectivity index (χ0n) is 9.32. The molecule has 17 heavy (non-hydrogen) atoms. The van der Waals surface area contributed by atoms with E-state index in [1.807, 2.05) is 18.2 Å². The minimum atomic E-state index is -0.974. The maximum absolute atomic E-state index is 10.8. The molecule has 0 saturated carbocycles. The van der Waals surface area contributed by atoms with Crippen LogP contribution < -0.4 is 0 Å². The summed E-state index contributed by atoms with van der Waals surface area (Å²) in [6.45, 7) is 0.875. The van der Waals surface area contributed by atoms with Gasteiger partial charge in [-0.25, -0.2) is 4.79 Å². The van der Waals surface area contributed by atoms with Gasteiger partial charge in [0.1, 0.15) is 12.2 Å². The topological polar surface area (TPSA) is 70.0 Å². The fraction of sp³-hybridized carbons (Fsp3) is 0.417. The summed E-state index contributed by atoms with van der Waals surface area (Å²) in [5, 5.41) is 19.0. The van der Waals surface area contributed by atoms with Gasteiger partial charge in [0.2, 0.25) is 0 Å². The van der Waals surface area contributed by atoms with Gasteiger partial charge in [-0.15, -0.1) is 0 Å². The van der Waals surface area contributed by atoms with Crippen LogP contribution in [0.15, 0.2) is 30.3 Å². The first-order valence-electron chi connectivity index (χ1n) is 5.51. The van der Waals surface area contributed by atoms with Gasteiger partial charge in [-0.05, 0) is 5.56 Å². The van der Waals surface area contributed by atoms with E-state index in [1.165, 1.54) is 4.90 Å². The average Bonchev–Trinajstić information content (AvgIpc) is 2.39. The molecule has 0 radical (unpaired) electrons. The fourth-order valence-electron chi connectivity index (χ4n) is 1.91. The molecule has 0 spiro atoms. The molecule has 1 aliphatic rings. The zero-order chi connectivity index (χ0) is 12.3. The van der Waals surface area contributed by atoms with Crippen LogP contribution in [0.2, 0.25) is 0 Å². The first kappa shape index (κ1) is 11.9. The van der Waals surface area contributed by atoms with Crippen LogP contribution in [0.5, 0.6) is 0 Å². The Morgan fingerprint density at radius 2 is 2.12 bits per heavy atom. The quantitative estimate of drug-likeness (QED) is 0.808. The number of morpholine rings is 1. The fourth-order valence-corrected chi connectivity index (χ4v) is 1.91. The van der Waals surface area contributed by atoms with Crippen LogP contribution in [0, 0.1) is 0 Å². The van der Waals surface area contributed by atoms with Crippen LogP contribution in [-0.4, -0.2) is 47.0 Å². The van der Waals surface area contributed by atoms with Crippen molar-refractivity contribution in [2.24, 2.45) is 0 Å². The van der Waals surface area contributed by atoms with Gasteiger partial charge < -0.3 is 19.8 Å². The van der Waals surface area contributed by atoms with Crippen molar-refractivity contribution in [2.45, 2.75) is 12.2 Å². The number of carboxylic acid groups (broad SMARTS) is 1. The predicted octanol–water partition coefficient (Wildman–Crippen LogP) is 1.10. The number of aliphatic hydroxyl groups is 1. The van der Waals surface area contributed by atoms with Gasteiger partial charge in [-0.2, -0.15) is 0 Å². The molecule has 5 nitrogen and oxygen atoms in total. The first-order chi connectivity index (χ1) is 8.18. The van der Waals surface area contributed by atoms with E-state index in [1.54, 1.807) is 12.1 Å². The third-order valence-corrected chi connectivity index (χ3v) is 2.86. The molecule has 1 aromatic rings. The summed E-state index contributed by atoms with van der Waals surface area (Å²) >= 11 is 0. The van der Waals surface area contributed by atoms with Crippen molar-refractivity contribution in [1.82, 2.24) is 4.90 Å². The van der Waals surface area contributed by atoms with Gasteiger partial charge in [0.05, 0.1) is 13.2 Å². The zero-order valence-corrected chi connectivity index (χ0v) is 9.32. The Balaban J connectivity index is 2.05. The van der Waals surface area contributed by atoms with Crippen molar-refractivity contribution in [2.75, 3.05) is 19.7 Å². The van der Waals surface area contributed by atoms with Crippen molar-refractivity contribution >= 4 is 6.09 Å². The Hall–Kier alpha value is -1.59. The Bertz CT molecular complexity index is 381. The molecule has 1 heterocycles. The van der Waals surface area contributed by atoms with Gasteiger partial charge in [-0.3, -0.25) is 0 Å². The van der Waals surface area contributed by atoms with Crippen LogP contribution in [0.1, 0.15) is 11.7 Å². The van der Waals surface area contributed by atoms with E-state index in [4.69, 9.17) is 9.84 Å². The molecule has 0 bridgehead atoms. The molecule has 2 unspecified atom stereocenters. The standard InChI is InChI=1S/C12H15NO4/c14-11(9-4-2-1-3-5-9)10-8-13(12(15)16)6-7-17-10/h1-5,10-11,14H,6-8H2,(H,15,16). The SMILES string of the molecule is O=C(O)N1CCOC(C(O)c2ccccc2)C1. The number of ether oxygens (including phenoxy) is 1. The monoisotopic (exact) mass is 237 g/mol. The van der Waals surface area contributed by atoms with Crippen molar-refractivity contribution in [3.8, 4) is 0 Å². The van der Waals surface area contributed by atoms with E-state index in [0.717, 1.165) is 5.56 Å². The number of aliphatic hydroxyl groups excluding tert-OH is 1. The van der Waals surface area contributed by atoms with Crippen molar-refractivity contribution < 1.29 is 19.7 Å². The van der Waals surface area contributed by atoms with Crippen molar-refractivity contribution in [1.29, 1.82) is 0 Å². The number of hydrogen-bond donors (Lipinski definition) is 2. The second kappa shape index (κ2) is 5.16. The Morgan fingerprint density at radius 1 is 1.41 bits per heavy atom. The summed E-state index contributed by atoms with van der Waals surface area (Å²) in [4.78, 5) is 12.1. The molecule has 1 aliphatic heterocycles. The second-order valence-corrected chi connectivity index (χ2v) is 3.99. The molecule has 1 amide bonds. The predicted molar refractivity (Wildman–Crippen MR) is 60.7 cm³/mol. The van der Waals surface area contributed by atoms with Crippen molar-refractivity contribution in [3.63, 3.8) is 0 Å². The van der Waals surface area contributed by atoms with Crippen LogP contribution >= 0.6 is 0 Å². The molecule has 92 valence electrons. The largest absolute Gasteiger partial charge is 0.465 e. The number of hydrogen-bond acceptors (Lipinski definition) is 3. The van der Waals surface area contributed by atoms with Gasteiger partial charge >= 0.3 is 6.09 Å². The third-order valence-electron chi connectivity index (χ3n) is 2.86. The summed E-state index contributed by atoms with van der Waals surface area (Å²) < 4.78 is 5.42. The van der Waals surface area contributed by atoms with Crippen LogP contribution in [-0.2, 0) is 4.74 Å². The molecule has 0 aromatic heterocycles. The number of carbonyl (C=O) groups is 1. The van der Waals surface area contributed by atoms with Crippen molar-refractivity contribution in [3.05, 3.63) is 35.9 Å². The number of amides is 1. The van der Waals surface area contributed by atoms with E-state index in [2.05, 4.69) is 0 Å². The highest BCUT2D eigenvalue weighted by Gasteiger charge is 2.29. The van der Waals surface area contributed by atoms with Crippen LogP contribution in [0.4, 0.5) is 4.79 Å². The summed E-state index contributed by atoms with van der Waals surface area (Å²) in [5.74, 6) is 0. The van der Waals surface area contributed by atoms with E-state index in [-0.39, 0.29) is 6.54 Å². The lowest BCUT2D eigenvalue weighted by atomic mass is 10.0. The van der Waals surface area contributed by atoms with Crippen LogP contribution in [0.25, 0.3) is 0 Å². The Labute approximate surface area is 99.2 Å². The van der Waals surface area contributed by atoms with Gasteiger partial charge in [0.25, 0.3) is 0 Å². The highest BCUT2D eigenvalue weighted by molar-refractivity contribution is 5.65. The van der Waals surface area contributed by atoms with E-state index in [0.29, 0.717) is 13.2 Å². The summed E-state index contributed by atoms with van der Waals surface area (Å²) in [6, 6.07) is 9.12. The number of benzene rings is 1. The minimum Gasteiger partial charge on any atom is -0.465 e. The molecule has 5 heteroatoms. The highest BCUT2D eigenvalue weighted by atomic mass is 16.5. The molecule has 2 rings (SSSR count). The Kier molecular flexibility index (Phi) is 3.61. The Morgan fingerprint density at radius 3 is 2.76 bits per heavy atom. The molecular weight excluding hydrogens is 222 g/mol. The smallest absolute Gasteiger partial charge is 0.407 e. The van der Waals surface area contributed by atoms with E-state index in [9.17, 15) is 9.90 Å². The summed E-state index contributed by atoms with van der Waals surface area (Å²) in [5.41, 5.74) is 0.740. The molecule has 2 atom stereocenters. The molecule has 0 aliphatic carbocycles. The molecule has 1 fully saturated rings. The summed E-state index contributed by atoms with van der Waals surface area (Å²) in [6.07, 6.45) is -2.26. The second-order valence-electron chi connectivity index (χ2n) is 3.99. The highest BCUT2D eigenvalue weighted by Crippen LogP contribution is 2.21. The maximum atomic E-state index is 10.8. The lowest BCUT2D eigenvalue weighted by Crippen LogP contribution is -2.47. The number of nitrogens with zero attached hydrogens (tertiary/aromatic N) is 1. The number of rotatable bonds is 2. The molecule has 1 aromatic carbocycles. The molecule has 1 saturated heterocycles. The van der Waals surface area contributed by atoms with Crippen LogP contribution in [0.3, 0.4) is 0 Å². The maximum Gasteiger partial charge on any atom is 0.407 e. The van der Waals surface area contributed by atoms with Gasteiger partial charge in [-0.1, -0.05) is 30.3 Å². The third kappa shape index (κ3) is 2.75. The molecular formula is C12H15NO4. The first-order valence-corrected chi connectivity index (χ1v) is 5.51. The average molecular weight is 237 g/mol.